The number of phenols is 1. The first-order chi connectivity index (χ1) is 11.4. The van der Waals surface area contributed by atoms with Crippen LogP contribution in [0, 0.1) is 10.1 Å². The van der Waals surface area contributed by atoms with E-state index < -0.39 is 16.8 Å². The lowest BCUT2D eigenvalue weighted by molar-refractivity contribution is -0.384. The van der Waals surface area contributed by atoms with Gasteiger partial charge in [0.15, 0.2) is 5.17 Å². The molecular formula is C13H10N4O6S. The number of carbonyl (C=O) groups excluding carboxylic acids is 2. The number of nitrogens with one attached hydrogen (secondary N) is 1. The number of nitrogens with zero attached hydrogens (tertiary/aromatic N) is 3. The summed E-state index contributed by atoms with van der Waals surface area (Å²) < 4.78 is 4.42. The summed E-state index contributed by atoms with van der Waals surface area (Å²) in [5.41, 5.74) is -0.0401. The van der Waals surface area contributed by atoms with Crippen LogP contribution in [-0.4, -0.2) is 40.4 Å². The van der Waals surface area contributed by atoms with Crippen LogP contribution in [0.3, 0.4) is 0 Å². The number of amidine groups is 1. The summed E-state index contributed by atoms with van der Waals surface area (Å²) in [7, 11) is 1.19. The Morgan fingerprint density at radius 1 is 1.46 bits per heavy atom. The zero-order valence-corrected chi connectivity index (χ0v) is 12.9. The Kier molecular flexibility index (Phi) is 5.27. The molecule has 10 nitrogen and oxygen atoms in total. The van der Waals surface area contributed by atoms with Gasteiger partial charge in [-0.1, -0.05) is 0 Å². The average Bonchev–Trinajstić information content (AvgIpc) is 2.86. The van der Waals surface area contributed by atoms with Gasteiger partial charge in [-0.25, -0.2) is 4.79 Å². The van der Waals surface area contributed by atoms with Crippen molar-refractivity contribution in [3.8, 4) is 5.75 Å². The number of hydrogen-bond donors (Lipinski definition) is 2. The predicted octanol–water partition coefficient (Wildman–Crippen LogP) is 0.910. The molecule has 2 N–H and O–H groups in total. The van der Waals surface area contributed by atoms with Crippen LogP contribution < -0.4 is 5.32 Å². The van der Waals surface area contributed by atoms with Crippen molar-refractivity contribution in [2.24, 2.45) is 10.2 Å². The smallest absolute Gasteiger partial charge is 0.331 e. The zero-order chi connectivity index (χ0) is 17.7. The molecule has 1 fully saturated rings. The topological polar surface area (TPSA) is 143 Å². The first-order valence-corrected chi connectivity index (χ1v) is 7.09. The number of methoxy groups -OCH3 is 1. The zero-order valence-electron chi connectivity index (χ0n) is 12.1. The number of non-ortho nitro benzene ring substituents is 1. The molecule has 0 aromatic heterocycles. The van der Waals surface area contributed by atoms with Gasteiger partial charge in [0.05, 0.1) is 29.2 Å². The summed E-state index contributed by atoms with van der Waals surface area (Å²) in [4.78, 5) is 32.8. The fourth-order valence-corrected chi connectivity index (χ4v) is 2.33. The largest absolute Gasteiger partial charge is 0.508 e. The maximum absolute atomic E-state index is 11.6. The molecule has 0 radical (unpaired) electrons. The van der Waals surface area contributed by atoms with E-state index in [1.165, 1.54) is 25.5 Å². The van der Waals surface area contributed by atoms with E-state index in [1.54, 1.807) is 0 Å². The molecule has 1 amide bonds. The number of carbonyl (C=O) groups is 2. The van der Waals surface area contributed by atoms with Crippen molar-refractivity contribution < 1.29 is 24.4 Å². The summed E-state index contributed by atoms with van der Waals surface area (Å²) >= 11 is 0.887. The van der Waals surface area contributed by atoms with E-state index in [-0.39, 0.29) is 27.1 Å². The van der Waals surface area contributed by atoms with Crippen LogP contribution >= 0.6 is 11.8 Å². The Morgan fingerprint density at radius 3 is 2.88 bits per heavy atom. The molecule has 1 aromatic carbocycles. The number of aromatic hydroxyl groups is 1. The van der Waals surface area contributed by atoms with Crippen LogP contribution in [0.15, 0.2) is 39.4 Å². The molecule has 0 spiro atoms. The van der Waals surface area contributed by atoms with Crippen LogP contribution in [0.4, 0.5) is 5.69 Å². The van der Waals surface area contributed by atoms with Gasteiger partial charge in [-0.05, 0) is 17.8 Å². The summed E-state index contributed by atoms with van der Waals surface area (Å²) in [6, 6.07) is 3.46. The van der Waals surface area contributed by atoms with Crippen molar-refractivity contribution in [1.82, 2.24) is 5.32 Å². The summed E-state index contributed by atoms with van der Waals surface area (Å²) in [6.07, 6.45) is 2.19. The number of ether oxygens (including phenoxy) is 1. The number of esters is 1. The van der Waals surface area contributed by atoms with Gasteiger partial charge in [-0.2, -0.15) is 5.10 Å². The molecule has 1 saturated heterocycles. The minimum atomic E-state index is -0.676. The molecule has 24 heavy (non-hydrogen) atoms. The van der Waals surface area contributed by atoms with Gasteiger partial charge in [0.25, 0.3) is 11.6 Å². The molecule has 0 aliphatic carbocycles. The van der Waals surface area contributed by atoms with E-state index >= 15 is 0 Å². The van der Waals surface area contributed by atoms with E-state index in [1.807, 2.05) is 0 Å². The highest BCUT2D eigenvalue weighted by atomic mass is 32.2. The van der Waals surface area contributed by atoms with Gasteiger partial charge < -0.3 is 9.84 Å². The lowest BCUT2D eigenvalue weighted by Gasteiger charge is -1.96. The lowest BCUT2D eigenvalue weighted by atomic mass is 10.2. The van der Waals surface area contributed by atoms with Gasteiger partial charge in [0.2, 0.25) is 0 Å². The standard InChI is InChI=1S/C13H10N4O6S/c1-23-11(19)5-10-12(20)15-13(24-10)16-14-6-7-2-8(17(21)22)4-9(18)3-7/h2-6,18H,1H3,(H,15,16,20)/b10-5+,14-6?. The van der Waals surface area contributed by atoms with Crippen LogP contribution in [-0.2, 0) is 14.3 Å². The number of rotatable bonds is 4. The Morgan fingerprint density at radius 2 is 2.21 bits per heavy atom. The average molecular weight is 350 g/mol. The number of benzene rings is 1. The number of phenolic OH excluding ortho intramolecular Hbond substituents is 1. The fourth-order valence-electron chi connectivity index (χ4n) is 1.59. The molecule has 0 unspecified atom stereocenters. The van der Waals surface area contributed by atoms with Crippen molar-refractivity contribution in [2.45, 2.75) is 0 Å². The van der Waals surface area contributed by atoms with Crippen LogP contribution in [0.25, 0.3) is 0 Å². The number of thioether (sulfide) groups is 1. The summed E-state index contributed by atoms with van der Waals surface area (Å²) in [6.45, 7) is 0. The fraction of sp³-hybridized carbons (Fsp3) is 0.0769. The molecule has 0 atom stereocenters. The highest BCUT2D eigenvalue weighted by molar-refractivity contribution is 8.18. The molecule has 0 saturated carbocycles. The van der Waals surface area contributed by atoms with Crippen molar-refractivity contribution in [3.63, 3.8) is 0 Å². The summed E-state index contributed by atoms with van der Waals surface area (Å²) in [5, 5.41) is 30.0. The van der Waals surface area contributed by atoms with Gasteiger partial charge >= 0.3 is 5.97 Å². The molecule has 11 heteroatoms. The van der Waals surface area contributed by atoms with Gasteiger partial charge in [-0.15, -0.1) is 5.10 Å². The lowest BCUT2D eigenvalue weighted by Crippen LogP contribution is -2.19. The van der Waals surface area contributed by atoms with E-state index in [2.05, 4.69) is 20.3 Å². The molecule has 2 rings (SSSR count). The third-order valence-electron chi connectivity index (χ3n) is 2.59. The highest BCUT2D eigenvalue weighted by Crippen LogP contribution is 2.24. The molecule has 1 aliphatic rings. The first kappa shape index (κ1) is 17.1. The minimum Gasteiger partial charge on any atom is -0.508 e. The second-order valence-electron chi connectivity index (χ2n) is 4.28. The second kappa shape index (κ2) is 7.37. The normalized spacial score (nSPS) is 17.5. The molecule has 0 bridgehead atoms. The monoisotopic (exact) mass is 350 g/mol. The molecular weight excluding hydrogens is 340 g/mol. The Hall–Kier alpha value is -3.21. The molecule has 1 aromatic rings. The van der Waals surface area contributed by atoms with Crippen LogP contribution in [0.5, 0.6) is 5.75 Å². The van der Waals surface area contributed by atoms with Gasteiger partial charge in [-0.3, -0.25) is 20.2 Å². The first-order valence-electron chi connectivity index (χ1n) is 6.27. The van der Waals surface area contributed by atoms with E-state index in [4.69, 9.17) is 0 Å². The third-order valence-corrected chi connectivity index (χ3v) is 3.49. The number of hydrogen-bond acceptors (Lipinski definition) is 9. The highest BCUT2D eigenvalue weighted by Gasteiger charge is 2.25. The van der Waals surface area contributed by atoms with E-state index in [0.29, 0.717) is 0 Å². The molecule has 124 valence electrons. The maximum atomic E-state index is 11.6. The van der Waals surface area contributed by atoms with Crippen molar-refractivity contribution in [2.75, 3.05) is 7.11 Å². The molecule has 1 aliphatic heterocycles. The van der Waals surface area contributed by atoms with Gasteiger partial charge in [0.1, 0.15) is 5.75 Å². The van der Waals surface area contributed by atoms with Crippen LogP contribution in [0.1, 0.15) is 5.56 Å². The third kappa shape index (κ3) is 4.39. The Balaban J connectivity index is 2.13. The quantitative estimate of drug-likeness (QED) is 0.270. The van der Waals surface area contributed by atoms with Gasteiger partial charge in [0, 0.05) is 17.7 Å². The van der Waals surface area contributed by atoms with E-state index in [9.17, 15) is 24.8 Å². The SMILES string of the molecule is COC(=O)/C=C1/S/C(=N\N=Cc2cc(O)cc([N+](=O)[O-])c2)NC1=O. The number of amides is 1. The van der Waals surface area contributed by atoms with Crippen LogP contribution in [0.2, 0.25) is 0 Å². The summed E-state index contributed by atoms with van der Waals surface area (Å²) in [5.74, 6) is -1.48. The number of nitro groups is 1. The second-order valence-corrected chi connectivity index (χ2v) is 5.31. The Bertz CT molecular complexity index is 802. The predicted molar refractivity (Wildman–Crippen MR) is 85.6 cm³/mol. The number of nitro benzene ring substituents is 1. The maximum Gasteiger partial charge on any atom is 0.331 e. The van der Waals surface area contributed by atoms with Crippen molar-refractivity contribution >= 4 is 40.7 Å². The van der Waals surface area contributed by atoms with Crippen molar-refractivity contribution in [1.29, 1.82) is 0 Å². The molecule has 1 heterocycles. The van der Waals surface area contributed by atoms with Crippen molar-refractivity contribution in [3.05, 3.63) is 44.9 Å². The minimum absolute atomic E-state index is 0.101. The van der Waals surface area contributed by atoms with E-state index in [0.717, 1.165) is 23.9 Å². The Labute approximate surface area is 139 Å².